The second-order valence-electron chi connectivity index (χ2n) is 4.16. The summed E-state index contributed by atoms with van der Waals surface area (Å²) in [4.78, 5) is 16.8. The zero-order valence-corrected chi connectivity index (χ0v) is 11.8. The van der Waals surface area contributed by atoms with Crippen LogP contribution in [0.3, 0.4) is 0 Å². The molecule has 1 N–H and O–H groups in total. The van der Waals surface area contributed by atoms with Gasteiger partial charge >= 0.3 is 5.97 Å². The first-order valence-corrected chi connectivity index (χ1v) is 6.80. The molecular formula is C14H16N2O2S. The van der Waals surface area contributed by atoms with Crippen LogP contribution < -0.4 is 5.32 Å². The third-order valence-electron chi connectivity index (χ3n) is 2.65. The topological polar surface area (TPSA) is 51.2 Å². The number of carbonyl (C=O) groups excluding carboxylic acids is 1. The minimum atomic E-state index is -0.308. The van der Waals surface area contributed by atoms with Gasteiger partial charge in [-0.25, -0.2) is 9.78 Å². The van der Waals surface area contributed by atoms with E-state index in [1.54, 1.807) is 23.5 Å². The van der Waals surface area contributed by atoms with E-state index in [9.17, 15) is 4.79 Å². The fourth-order valence-electron chi connectivity index (χ4n) is 1.67. The molecule has 0 bridgehead atoms. The summed E-state index contributed by atoms with van der Waals surface area (Å²) in [6.45, 7) is 3.56. The predicted molar refractivity (Wildman–Crippen MR) is 75.2 cm³/mol. The molecule has 5 heteroatoms. The third-order valence-corrected chi connectivity index (χ3v) is 3.56. The summed E-state index contributed by atoms with van der Waals surface area (Å²) in [5, 5.41) is 4.41. The van der Waals surface area contributed by atoms with E-state index < -0.39 is 0 Å². The van der Waals surface area contributed by atoms with Crippen LogP contribution in [-0.2, 0) is 17.8 Å². The predicted octanol–water partition coefficient (Wildman–Crippen LogP) is 2.53. The first-order chi connectivity index (χ1) is 9.19. The number of esters is 1. The highest BCUT2D eigenvalue weighted by Gasteiger charge is 2.04. The van der Waals surface area contributed by atoms with Crippen molar-refractivity contribution in [3.05, 3.63) is 51.5 Å². The maximum atomic E-state index is 11.3. The Kier molecular flexibility index (Phi) is 4.65. The Balaban J connectivity index is 1.84. The number of rotatable bonds is 5. The lowest BCUT2D eigenvalue weighted by molar-refractivity contribution is 0.0600. The highest BCUT2D eigenvalue weighted by molar-refractivity contribution is 7.11. The van der Waals surface area contributed by atoms with Crippen molar-refractivity contribution in [2.75, 3.05) is 7.11 Å². The van der Waals surface area contributed by atoms with Crippen molar-refractivity contribution in [1.29, 1.82) is 0 Å². The van der Waals surface area contributed by atoms with Crippen LogP contribution >= 0.6 is 11.3 Å². The monoisotopic (exact) mass is 276 g/mol. The Bertz CT molecular complexity index is 549. The second kappa shape index (κ2) is 6.45. The Morgan fingerprint density at radius 1 is 1.32 bits per heavy atom. The summed E-state index contributed by atoms with van der Waals surface area (Å²) >= 11 is 1.70. The van der Waals surface area contributed by atoms with Gasteiger partial charge in [-0.2, -0.15) is 0 Å². The molecule has 0 unspecified atom stereocenters. The smallest absolute Gasteiger partial charge is 0.337 e. The minimum Gasteiger partial charge on any atom is -0.465 e. The number of aromatic nitrogens is 1. The average Bonchev–Trinajstić information content (AvgIpc) is 2.84. The summed E-state index contributed by atoms with van der Waals surface area (Å²) < 4.78 is 4.66. The van der Waals surface area contributed by atoms with Crippen molar-refractivity contribution in [3.63, 3.8) is 0 Å². The van der Waals surface area contributed by atoms with Gasteiger partial charge in [0.2, 0.25) is 0 Å². The van der Waals surface area contributed by atoms with Crippen LogP contribution in [0.25, 0.3) is 0 Å². The molecule has 1 aromatic carbocycles. The number of nitrogens with zero attached hydrogens (tertiary/aromatic N) is 1. The van der Waals surface area contributed by atoms with Crippen molar-refractivity contribution < 1.29 is 9.53 Å². The van der Waals surface area contributed by atoms with Gasteiger partial charge in [0.05, 0.1) is 12.7 Å². The highest BCUT2D eigenvalue weighted by atomic mass is 32.1. The van der Waals surface area contributed by atoms with Crippen LogP contribution in [0.2, 0.25) is 0 Å². The van der Waals surface area contributed by atoms with Crippen molar-refractivity contribution in [1.82, 2.24) is 10.3 Å². The zero-order valence-electron chi connectivity index (χ0n) is 11.0. The molecular weight excluding hydrogens is 260 g/mol. The van der Waals surface area contributed by atoms with E-state index in [4.69, 9.17) is 0 Å². The molecule has 0 radical (unpaired) electrons. The molecule has 1 aromatic heterocycles. The molecule has 1 heterocycles. The highest BCUT2D eigenvalue weighted by Crippen LogP contribution is 2.11. The molecule has 0 amide bonds. The molecule has 0 spiro atoms. The number of benzene rings is 1. The Hall–Kier alpha value is -1.72. The minimum absolute atomic E-state index is 0.308. The van der Waals surface area contributed by atoms with E-state index in [2.05, 4.69) is 15.0 Å². The summed E-state index contributed by atoms with van der Waals surface area (Å²) in [5.74, 6) is -0.308. The van der Waals surface area contributed by atoms with Gasteiger partial charge in [0.15, 0.2) is 0 Å². The largest absolute Gasteiger partial charge is 0.465 e. The molecule has 2 aromatic rings. The number of thiazole rings is 1. The van der Waals surface area contributed by atoms with Crippen molar-refractivity contribution in [3.8, 4) is 0 Å². The first-order valence-electron chi connectivity index (χ1n) is 5.98. The van der Waals surface area contributed by atoms with Crippen LogP contribution in [0, 0.1) is 6.92 Å². The quantitative estimate of drug-likeness (QED) is 0.853. The number of aryl methyl sites for hydroxylation is 1. The van der Waals surface area contributed by atoms with Gasteiger partial charge in [0, 0.05) is 24.2 Å². The van der Waals surface area contributed by atoms with E-state index in [-0.39, 0.29) is 5.97 Å². The van der Waals surface area contributed by atoms with Crippen LogP contribution in [-0.4, -0.2) is 18.1 Å². The van der Waals surface area contributed by atoms with Gasteiger partial charge < -0.3 is 10.1 Å². The van der Waals surface area contributed by atoms with Gasteiger partial charge in [-0.05, 0) is 24.6 Å². The molecule has 0 fully saturated rings. The maximum Gasteiger partial charge on any atom is 0.337 e. The fourth-order valence-corrected chi connectivity index (χ4v) is 2.43. The molecule has 19 heavy (non-hydrogen) atoms. The average molecular weight is 276 g/mol. The van der Waals surface area contributed by atoms with Crippen LogP contribution in [0.5, 0.6) is 0 Å². The van der Waals surface area contributed by atoms with Gasteiger partial charge in [-0.3, -0.25) is 0 Å². The van der Waals surface area contributed by atoms with E-state index in [0.717, 1.165) is 23.7 Å². The van der Waals surface area contributed by atoms with Crippen LogP contribution in [0.15, 0.2) is 30.5 Å². The number of hydrogen-bond acceptors (Lipinski definition) is 5. The summed E-state index contributed by atoms with van der Waals surface area (Å²) in [6, 6.07) is 7.39. The molecule has 100 valence electrons. The SMILES string of the molecule is COC(=O)c1ccc(CNCc2ncc(C)s2)cc1. The van der Waals surface area contributed by atoms with Gasteiger partial charge in [0.1, 0.15) is 5.01 Å². The third kappa shape index (κ3) is 3.87. The number of nitrogens with one attached hydrogen (secondary N) is 1. The molecule has 0 atom stereocenters. The number of hydrogen-bond donors (Lipinski definition) is 1. The Labute approximate surface area is 116 Å². The number of carbonyl (C=O) groups is 1. The van der Waals surface area contributed by atoms with Gasteiger partial charge in [-0.15, -0.1) is 11.3 Å². The lowest BCUT2D eigenvalue weighted by atomic mass is 10.1. The molecule has 0 aliphatic carbocycles. The Morgan fingerprint density at radius 3 is 2.63 bits per heavy atom. The number of methoxy groups -OCH3 is 1. The van der Waals surface area contributed by atoms with Crippen molar-refractivity contribution >= 4 is 17.3 Å². The lowest BCUT2D eigenvalue weighted by Crippen LogP contribution is -2.12. The van der Waals surface area contributed by atoms with E-state index in [0.29, 0.717) is 5.56 Å². The molecule has 0 saturated carbocycles. The fraction of sp³-hybridized carbons (Fsp3) is 0.286. The van der Waals surface area contributed by atoms with Gasteiger partial charge in [0.25, 0.3) is 0 Å². The zero-order chi connectivity index (χ0) is 13.7. The van der Waals surface area contributed by atoms with E-state index >= 15 is 0 Å². The van der Waals surface area contributed by atoms with E-state index in [1.165, 1.54) is 12.0 Å². The van der Waals surface area contributed by atoms with Crippen LogP contribution in [0.1, 0.15) is 25.8 Å². The van der Waals surface area contributed by atoms with Gasteiger partial charge in [-0.1, -0.05) is 12.1 Å². The lowest BCUT2D eigenvalue weighted by Gasteiger charge is -2.04. The summed E-state index contributed by atoms with van der Waals surface area (Å²) in [5.41, 5.74) is 1.70. The van der Waals surface area contributed by atoms with Crippen molar-refractivity contribution in [2.45, 2.75) is 20.0 Å². The summed E-state index contributed by atoms with van der Waals surface area (Å²) in [6.07, 6.45) is 1.88. The second-order valence-corrected chi connectivity index (χ2v) is 5.48. The normalized spacial score (nSPS) is 10.4. The molecule has 0 aliphatic heterocycles. The summed E-state index contributed by atoms with van der Waals surface area (Å²) in [7, 11) is 1.38. The van der Waals surface area contributed by atoms with Crippen molar-refractivity contribution in [2.24, 2.45) is 0 Å². The molecule has 0 aliphatic rings. The Morgan fingerprint density at radius 2 is 2.05 bits per heavy atom. The number of ether oxygens (including phenoxy) is 1. The maximum absolute atomic E-state index is 11.3. The molecule has 2 rings (SSSR count). The van der Waals surface area contributed by atoms with E-state index in [1.807, 2.05) is 25.3 Å². The standard InChI is InChI=1S/C14H16N2O2S/c1-10-7-16-13(19-10)9-15-8-11-3-5-12(6-4-11)14(17)18-2/h3-7,15H,8-9H2,1-2H3. The van der Waals surface area contributed by atoms with Crippen LogP contribution in [0.4, 0.5) is 0 Å². The molecule has 4 nitrogen and oxygen atoms in total. The first kappa shape index (κ1) is 13.7. The molecule has 0 saturated heterocycles.